The molecule has 0 saturated heterocycles. The van der Waals surface area contributed by atoms with E-state index in [2.05, 4.69) is 11.6 Å². The molecule has 1 N–H and O–H groups in total. The molecular weight excluding hydrogens is 282 g/mol. The Labute approximate surface area is 120 Å². The van der Waals surface area contributed by atoms with Gasteiger partial charge < -0.3 is 14.6 Å². The number of hydrogen-bond acceptors (Lipinski definition) is 4. The average molecular weight is 294 g/mol. The molecule has 0 aliphatic carbocycles. The zero-order valence-corrected chi connectivity index (χ0v) is 11.3. The summed E-state index contributed by atoms with van der Waals surface area (Å²) in [5.41, 5.74) is 0.459. The van der Waals surface area contributed by atoms with Gasteiger partial charge in [-0.2, -0.15) is 0 Å². The van der Waals surface area contributed by atoms with E-state index in [0.29, 0.717) is 34.0 Å². The number of aromatic nitrogens is 1. The Morgan fingerprint density at radius 3 is 2.85 bits per heavy atom. The first kappa shape index (κ1) is 14.1. The Hall–Kier alpha value is -2.27. The van der Waals surface area contributed by atoms with E-state index in [-0.39, 0.29) is 0 Å². The standard InChI is InChI=1S/C14H12ClNO4/c1-2-7-19-10-5-6-16-14-11(20-8-12(17)18)4-3-9(15)13(10)14/h2-6H,1,7-8H2,(H,17,18). The van der Waals surface area contributed by atoms with Crippen LogP contribution in [0.3, 0.4) is 0 Å². The SMILES string of the molecule is C=CCOc1ccnc2c(OCC(=O)O)ccc(Cl)c12. The monoisotopic (exact) mass is 293 g/mol. The van der Waals surface area contributed by atoms with E-state index in [1.54, 1.807) is 30.5 Å². The molecule has 0 aliphatic rings. The molecular formula is C14H12ClNO4. The molecule has 0 saturated carbocycles. The third kappa shape index (κ3) is 3.00. The number of pyridine rings is 1. The Balaban J connectivity index is 2.49. The minimum Gasteiger partial charge on any atom is -0.489 e. The van der Waals surface area contributed by atoms with Crippen molar-refractivity contribution in [1.29, 1.82) is 0 Å². The second kappa shape index (κ2) is 6.25. The van der Waals surface area contributed by atoms with Gasteiger partial charge in [-0.05, 0) is 18.2 Å². The predicted octanol–water partition coefficient (Wildman–Crippen LogP) is 2.92. The number of fused-ring (bicyclic) bond motifs is 1. The van der Waals surface area contributed by atoms with Crippen molar-refractivity contribution in [2.45, 2.75) is 0 Å². The number of carboxylic acids is 1. The van der Waals surface area contributed by atoms with Gasteiger partial charge in [0.05, 0.1) is 10.4 Å². The zero-order chi connectivity index (χ0) is 14.5. The molecule has 0 bridgehead atoms. The number of halogens is 1. The molecule has 1 aromatic carbocycles. The van der Waals surface area contributed by atoms with Crippen LogP contribution in [-0.4, -0.2) is 29.3 Å². The maximum atomic E-state index is 10.6. The highest BCUT2D eigenvalue weighted by molar-refractivity contribution is 6.36. The average Bonchev–Trinajstić information content (AvgIpc) is 2.44. The molecule has 5 nitrogen and oxygen atoms in total. The number of carboxylic acid groups (broad SMARTS) is 1. The molecule has 2 aromatic rings. The van der Waals surface area contributed by atoms with E-state index >= 15 is 0 Å². The van der Waals surface area contributed by atoms with E-state index in [1.165, 1.54) is 0 Å². The van der Waals surface area contributed by atoms with Crippen LogP contribution in [0.25, 0.3) is 10.9 Å². The molecule has 1 heterocycles. The molecule has 0 aliphatic heterocycles. The molecule has 1 aromatic heterocycles. The third-order valence-corrected chi connectivity index (χ3v) is 2.79. The largest absolute Gasteiger partial charge is 0.489 e. The lowest BCUT2D eigenvalue weighted by molar-refractivity contribution is -0.139. The maximum absolute atomic E-state index is 10.6. The van der Waals surface area contributed by atoms with Gasteiger partial charge in [-0.3, -0.25) is 4.98 Å². The van der Waals surface area contributed by atoms with Crippen molar-refractivity contribution in [3.05, 3.63) is 42.1 Å². The first-order valence-corrected chi connectivity index (χ1v) is 6.16. The summed E-state index contributed by atoms with van der Waals surface area (Å²) in [5.74, 6) is -0.177. The number of benzene rings is 1. The lowest BCUT2D eigenvalue weighted by atomic mass is 10.2. The molecule has 0 unspecified atom stereocenters. The molecule has 20 heavy (non-hydrogen) atoms. The molecule has 0 atom stereocenters. The van der Waals surface area contributed by atoms with Crippen LogP contribution in [0.5, 0.6) is 11.5 Å². The number of hydrogen-bond donors (Lipinski definition) is 1. The van der Waals surface area contributed by atoms with Crippen molar-refractivity contribution in [3.63, 3.8) is 0 Å². The van der Waals surface area contributed by atoms with E-state index in [9.17, 15) is 4.79 Å². The molecule has 6 heteroatoms. The Morgan fingerprint density at radius 1 is 1.35 bits per heavy atom. The molecule has 0 radical (unpaired) electrons. The fourth-order valence-corrected chi connectivity index (χ4v) is 1.94. The molecule has 104 valence electrons. The van der Waals surface area contributed by atoms with Crippen LogP contribution in [0, 0.1) is 0 Å². The van der Waals surface area contributed by atoms with Gasteiger partial charge in [0, 0.05) is 6.20 Å². The Morgan fingerprint density at radius 2 is 2.15 bits per heavy atom. The second-order valence-corrected chi connectivity index (χ2v) is 4.27. The van der Waals surface area contributed by atoms with Crippen molar-refractivity contribution < 1.29 is 19.4 Å². The van der Waals surface area contributed by atoms with Gasteiger partial charge in [0.15, 0.2) is 6.61 Å². The highest BCUT2D eigenvalue weighted by atomic mass is 35.5. The lowest BCUT2D eigenvalue weighted by Gasteiger charge is -2.11. The van der Waals surface area contributed by atoms with Crippen molar-refractivity contribution >= 4 is 28.5 Å². The molecule has 0 spiro atoms. The summed E-state index contributed by atoms with van der Waals surface area (Å²) in [4.78, 5) is 14.8. The molecule has 2 rings (SSSR count). The van der Waals surface area contributed by atoms with Gasteiger partial charge in [-0.15, -0.1) is 0 Å². The van der Waals surface area contributed by atoms with Crippen LogP contribution < -0.4 is 9.47 Å². The smallest absolute Gasteiger partial charge is 0.341 e. The first-order chi connectivity index (χ1) is 9.63. The number of nitrogens with zero attached hydrogens (tertiary/aromatic N) is 1. The summed E-state index contributed by atoms with van der Waals surface area (Å²) in [6, 6.07) is 4.88. The zero-order valence-electron chi connectivity index (χ0n) is 10.5. The van der Waals surface area contributed by atoms with Crippen LogP contribution >= 0.6 is 11.6 Å². The summed E-state index contributed by atoms with van der Waals surface area (Å²) in [7, 11) is 0. The van der Waals surface area contributed by atoms with E-state index in [1.807, 2.05) is 0 Å². The normalized spacial score (nSPS) is 10.2. The van der Waals surface area contributed by atoms with Gasteiger partial charge >= 0.3 is 5.97 Å². The lowest BCUT2D eigenvalue weighted by Crippen LogP contribution is -2.09. The number of carbonyl (C=O) groups is 1. The first-order valence-electron chi connectivity index (χ1n) is 5.79. The van der Waals surface area contributed by atoms with Crippen molar-refractivity contribution in [2.24, 2.45) is 0 Å². The minimum atomic E-state index is -1.06. The van der Waals surface area contributed by atoms with Gasteiger partial charge in [0.2, 0.25) is 0 Å². The number of rotatable bonds is 6. The molecule has 0 amide bonds. The predicted molar refractivity (Wildman–Crippen MR) is 75.6 cm³/mol. The van der Waals surface area contributed by atoms with Crippen molar-refractivity contribution in [3.8, 4) is 11.5 Å². The van der Waals surface area contributed by atoms with E-state index < -0.39 is 12.6 Å². The van der Waals surface area contributed by atoms with Gasteiger partial charge in [0.25, 0.3) is 0 Å². The Kier molecular flexibility index (Phi) is 4.42. The van der Waals surface area contributed by atoms with Crippen molar-refractivity contribution in [2.75, 3.05) is 13.2 Å². The fraction of sp³-hybridized carbons (Fsp3) is 0.143. The van der Waals surface area contributed by atoms with Gasteiger partial charge in [-0.1, -0.05) is 24.3 Å². The summed E-state index contributed by atoms with van der Waals surface area (Å²) in [6.07, 6.45) is 3.16. The summed E-state index contributed by atoms with van der Waals surface area (Å²) < 4.78 is 10.7. The summed E-state index contributed by atoms with van der Waals surface area (Å²) in [5, 5.41) is 9.70. The minimum absolute atomic E-state index is 0.329. The summed E-state index contributed by atoms with van der Waals surface area (Å²) in [6.45, 7) is 3.46. The highest BCUT2D eigenvalue weighted by Crippen LogP contribution is 2.36. The van der Waals surface area contributed by atoms with Crippen LogP contribution in [0.15, 0.2) is 37.1 Å². The van der Waals surface area contributed by atoms with Crippen LogP contribution in [0.2, 0.25) is 5.02 Å². The van der Waals surface area contributed by atoms with Gasteiger partial charge in [0.1, 0.15) is 23.6 Å². The number of ether oxygens (including phenoxy) is 2. The van der Waals surface area contributed by atoms with Crippen LogP contribution in [0.4, 0.5) is 0 Å². The Bertz CT molecular complexity index is 657. The number of aliphatic carboxylic acids is 1. The van der Waals surface area contributed by atoms with Crippen molar-refractivity contribution in [1.82, 2.24) is 4.98 Å². The third-order valence-electron chi connectivity index (χ3n) is 2.47. The van der Waals surface area contributed by atoms with Crippen LogP contribution in [0.1, 0.15) is 0 Å². The fourth-order valence-electron chi connectivity index (χ4n) is 1.70. The van der Waals surface area contributed by atoms with E-state index in [0.717, 1.165) is 0 Å². The summed E-state index contributed by atoms with van der Waals surface area (Å²) >= 11 is 6.16. The second-order valence-electron chi connectivity index (χ2n) is 3.86. The quantitative estimate of drug-likeness (QED) is 0.829. The molecule has 0 fully saturated rings. The topological polar surface area (TPSA) is 68.7 Å². The van der Waals surface area contributed by atoms with Crippen LogP contribution in [-0.2, 0) is 4.79 Å². The highest BCUT2D eigenvalue weighted by Gasteiger charge is 2.13. The maximum Gasteiger partial charge on any atom is 0.341 e. The van der Waals surface area contributed by atoms with Gasteiger partial charge in [-0.25, -0.2) is 4.79 Å². The van der Waals surface area contributed by atoms with E-state index in [4.69, 9.17) is 26.2 Å².